The predicted molar refractivity (Wildman–Crippen MR) is 85.6 cm³/mol. The highest BCUT2D eigenvalue weighted by atomic mass is 35.5. The average molecular weight is 371 g/mol. The Bertz CT molecular complexity index is 904. The van der Waals surface area contributed by atoms with Gasteiger partial charge in [0.25, 0.3) is 0 Å². The molecule has 0 fully saturated rings. The summed E-state index contributed by atoms with van der Waals surface area (Å²) in [6, 6.07) is 7.92. The normalized spacial score (nSPS) is 10.7. The molecule has 0 unspecified atom stereocenters. The number of esters is 1. The van der Waals surface area contributed by atoms with Crippen molar-refractivity contribution in [2.24, 2.45) is 0 Å². The van der Waals surface area contributed by atoms with Crippen LogP contribution < -0.4 is 10.4 Å². The highest BCUT2D eigenvalue weighted by Gasteiger charge is 2.14. The topological polar surface area (TPSA) is 79.0 Å². The van der Waals surface area contributed by atoms with Crippen LogP contribution in [-0.2, 0) is 11.3 Å². The van der Waals surface area contributed by atoms with Gasteiger partial charge in [0.1, 0.15) is 17.3 Å². The first-order valence-corrected chi connectivity index (χ1v) is 7.90. The third kappa shape index (κ3) is 3.44. The Kier molecular flexibility index (Phi) is 4.46. The van der Waals surface area contributed by atoms with Crippen LogP contribution in [0.15, 0.2) is 40.5 Å². The van der Waals surface area contributed by atoms with E-state index >= 15 is 0 Å². The number of hydrogen-bond acceptors (Lipinski definition) is 6. The SMILES string of the molecule is O=C(Cn1nnn(-c2cccs2)c1=O)Oc1ccc(Cl)c(Cl)c1. The van der Waals surface area contributed by atoms with Crippen LogP contribution in [0.5, 0.6) is 5.75 Å². The van der Waals surface area contributed by atoms with E-state index in [1.807, 2.05) is 0 Å². The molecule has 0 amide bonds. The number of hydrogen-bond donors (Lipinski definition) is 0. The Morgan fingerprint density at radius 3 is 2.74 bits per heavy atom. The van der Waals surface area contributed by atoms with Gasteiger partial charge < -0.3 is 4.74 Å². The minimum Gasteiger partial charge on any atom is -0.425 e. The van der Waals surface area contributed by atoms with Crippen molar-refractivity contribution in [2.45, 2.75) is 6.54 Å². The second kappa shape index (κ2) is 6.53. The maximum atomic E-state index is 12.1. The van der Waals surface area contributed by atoms with E-state index in [4.69, 9.17) is 27.9 Å². The van der Waals surface area contributed by atoms with Crippen molar-refractivity contribution >= 4 is 40.5 Å². The van der Waals surface area contributed by atoms with Gasteiger partial charge in [0.15, 0.2) is 0 Å². The van der Waals surface area contributed by atoms with E-state index in [1.54, 1.807) is 17.5 Å². The van der Waals surface area contributed by atoms with Crippen LogP contribution in [0.4, 0.5) is 0 Å². The molecule has 0 aliphatic carbocycles. The maximum Gasteiger partial charge on any atom is 0.369 e. The Hall–Kier alpha value is -2.16. The first-order valence-electron chi connectivity index (χ1n) is 6.27. The van der Waals surface area contributed by atoms with Gasteiger partial charge >= 0.3 is 11.7 Å². The van der Waals surface area contributed by atoms with Gasteiger partial charge in [-0.15, -0.1) is 11.3 Å². The molecule has 0 aliphatic heterocycles. The molecule has 0 atom stereocenters. The summed E-state index contributed by atoms with van der Waals surface area (Å²) in [5.41, 5.74) is -0.529. The van der Waals surface area contributed by atoms with Crippen molar-refractivity contribution in [2.75, 3.05) is 0 Å². The number of carbonyl (C=O) groups excluding carboxylic acids is 1. The zero-order chi connectivity index (χ0) is 16.4. The lowest BCUT2D eigenvalue weighted by molar-refractivity contribution is -0.135. The second-order valence-corrected chi connectivity index (χ2v) is 6.07. The molecule has 10 heteroatoms. The van der Waals surface area contributed by atoms with Crippen LogP contribution in [-0.4, -0.2) is 25.8 Å². The van der Waals surface area contributed by atoms with E-state index < -0.39 is 11.7 Å². The zero-order valence-corrected chi connectivity index (χ0v) is 13.7. The maximum absolute atomic E-state index is 12.1. The number of carbonyl (C=O) groups is 1. The molecule has 0 aliphatic rings. The molecule has 118 valence electrons. The van der Waals surface area contributed by atoms with Gasteiger partial charge in [0.05, 0.1) is 10.0 Å². The molecular weight excluding hydrogens is 363 g/mol. The molecule has 0 saturated carbocycles. The number of benzene rings is 1. The average Bonchev–Trinajstić information content (AvgIpc) is 3.14. The van der Waals surface area contributed by atoms with Crippen molar-refractivity contribution in [3.63, 3.8) is 0 Å². The van der Waals surface area contributed by atoms with E-state index in [1.165, 1.54) is 29.5 Å². The van der Waals surface area contributed by atoms with Gasteiger partial charge in [-0.3, -0.25) is 0 Å². The highest BCUT2D eigenvalue weighted by Crippen LogP contribution is 2.26. The summed E-state index contributed by atoms with van der Waals surface area (Å²) in [5.74, 6) is -0.452. The van der Waals surface area contributed by atoms with Crippen molar-refractivity contribution in [3.8, 4) is 10.8 Å². The van der Waals surface area contributed by atoms with Crippen LogP contribution >= 0.6 is 34.5 Å². The van der Waals surface area contributed by atoms with E-state index in [0.29, 0.717) is 10.0 Å². The largest absolute Gasteiger partial charge is 0.425 e. The number of nitrogens with zero attached hydrogens (tertiary/aromatic N) is 4. The van der Waals surface area contributed by atoms with Crippen LogP contribution in [0, 0.1) is 0 Å². The number of thiophene rings is 1. The third-order valence-electron chi connectivity index (χ3n) is 2.76. The number of rotatable bonds is 4. The summed E-state index contributed by atoms with van der Waals surface area (Å²) < 4.78 is 7.12. The van der Waals surface area contributed by atoms with Crippen molar-refractivity contribution in [1.29, 1.82) is 0 Å². The standard InChI is InChI=1S/C13H8Cl2N4O3S/c14-9-4-3-8(6-10(9)15)22-12(20)7-18-13(21)19(17-16-18)11-2-1-5-23-11/h1-6H,7H2. The van der Waals surface area contributed by atoms with Gasteiger partial charge in [-0.2, -0.15) is 9.36 Å². The minimum atomic E-state index is -0.677. The van der Waals surface area contributed by atoms with Crippen molar-refractivity contribution in [3.05, 3.63) is 56.2 Å². The molecular formula is C13H8Cl2N4O3S. The molecule has 7 nitrogen and oxygen atoms in total. The first kappa shape index (κ1) is 15.7. The number of aromatic nitrogens is 4. The van der Waals surface area contributed by atoms with Crippen LogP contribution in [0.25, 0.3) is 5.00 Å². The number of tetrazole rings is 1. The van der Waals surface area contributed by atoms with Crippen molar-refractivity contribution < 1.29 is 9.53 Å². The van der Waals surface area contributed by atoms with Gasteiger partial charge in [-0.1, -0.05) is 23.2 Å². The number of ether oxygens (including phenoxy) is 1. The second-order valence-electron chi connectivity index (χ2n) is 4.33. The lowest BCUT2D eigenvalue weighted by atomic mass is 10.3. The summed E-state index contributed by atoms with van der Waals surface area (Å²) in [6.07, 6.45) is 0. The van der Waals surface area contributed by atoms with Gasteiger partial charge in [-0.25, -0.2) is 9.59 Å². The molecule has 0 N–H and O–H groups in total. The lowest BCUT2D eigenvalue weighted by Crippen LogP contribution is -2.28. The lowest BCUT2D eigenvalue weighted by Gasteiger charge is -2.04. The molecule has 3 aromatic rings. The van der Waals surface area contributed by atoms with E-state index in [-0.39, 0.29) is 17.3 Å². The Balaban J connectivity index is 1.73. The molecule has 0 radical (unpaired) electrons. The molecule has 2 aromatic heterocycles. The van der Waals surface area contributed by atoms with Gasteiger partial charge in [0, 0.05) is 6.07 Å². The predicted octanol–water partition coefficient (Wildman–Crippen LogP) is 2.40. The smallest absolute Gasteiger partial charge is 0.369 e. The monoisotopic (exact) mass is 370 g/mol. The van der Waals surface area contributed by atoms with Crippen LogP contribution in [0.3, 0.4) is 0 Å². The summed E-state index contributed by atoms with van der Waals surface area (Å²) in [4.78, 5) is 24.0. The minimum absolute atomic E-state index is 0.225. The van der Waals surface area contributed by atoms with Crippen LogP contribution in [0.1, 0.15) is 0 Å². The zero-order valence-electron chi connectivity index (χ0n) is 11.3. The van der Waals surface area contributed by atoms with Gasteiger partial charge in [0.2, 0.25) is 0 Å². The highest BCUT2D eigenvalue weighted by molar-refractivity contribution is 7.12. The molecule has 0 bridgehead atoms. The summed E-state index contributed by atoms with van der Waals surface area (Å²) in [7, 11) is 0. The van der Waals surface area contributed by atoms with Gasteiger partial charge in [-0.05, 0) is 40.1 Å². The molecule has 1 aromatic carbocycles. The summed E-state index contributed by atoms with van der Waals surface area (Å²) in [5, 5.41) is 10.4. The Labute approximate surface area is 143 Å². The van der Waals surface area contributed by atoms with Crippen molar-refractivity contribution in [1.82, 2.24) is 19.8 Å². The Morgan fingerprint density at radius 1 is 1.22 bits per heavy atom. The van der Waals surface area contributed by atoms with E-state index in [0.717, 1.165) is 9.36 Å². The fourth-order valence-electron chi connectivity index (χ4n) is 1.73. The molecule has 0 spiro atoms. The molecule has 0 saturated heterocycles. The molecule has 23 heavy (non-hydrogen) atoms. The Morgan fingerprint density at radius 2 is 2.04 bits per heavy atom. The molecule has 3 rings (SSSR count). The summed E-state index contributed by atoms with van der Waals surface area (Å²) >= 11 is 13.0. The van der Waals surface area contributed by atoms with E-state index in [2.05, 4.69) is 10.4 Å². The third-order valence-corrected chi connectivity index (χ3v) is 4.34. The first-order chi connectivity index (χ1) is 11.0. The molecule has 2 heterocycles. The van der Waals surface area contributed by atoms with E-state index in [9.17, 15) is 9.59 Å². The fraction of sp³-hybridized carbons (Fsp3) is 0.0769. The number of halogens is 2. The van der Waals surface area contributed by atoms with Crippen LogP contribution in [0.2, 0.25) is 10.0 Å². The fourth-order valence-corrected chi connectivity index (χ4v) is 2.68. The quantitative estimate of drug-likeness (QED) is 0.520. The summed E-state index contributed by atoms with van der Waals surface area (Å²) in [6.45, 7) is -0.371.